The molecule has 2 aromatic heterocycles. The van der Waals surface area contributed by atoms with Gasteiger partial charge in [-0.25, -0.2) is 0 Å². The third-order valence-corrected chi connectivity index (χ3v) is 4.06. The predicted molar refractivity (Wildman–Crippen MR) is 94.2 cm³/mol. The molecule has 1 N–H and O–H groups in total. The Morgan fingerprint density at radius 3 is 2.79 bits per heavy atom. The highest BCUT2D eigenvalue weighted by Crippen LogP contribution is 2.24. The first-order valence-electron chi connectivity index (χ1n) is 7.43. The molecule has 0 aliphatic heterocycles. The van der Waals surface area contributed by atoms with Gasteiger partial charge in [0, 0.05) is 16.2 Å². The van der Waals surface area contributed by atoms with Gasteiger partial charge in [0.05, 0.1) is 12.2 Å². The van der Waals surface area contributed by atoms with Crippen LogP contribution in [0.5, 0.6) is 0 Å². The lowest BCUT2D eigenvalue weighted by Crippen LogP contribution is -2.15. The number of hydrogen-bond donors (Lipinski definition) is 1. The quantitative estimate of drug-likeness (QED) is 0.683. The molecule has 122 valence electrons. The fraction of sp³-hybridized carbons (Fsp3) is 0.176. The molecule has 0 bridgehead atoms. The molecule has 0 fully saturated rings. The van der Waals surface area contributed by atoms with Gasteiger partial charge >= 0.3 is 0 Å². The molecule has 0 amide bonds. The second kappa shape index (κ2) is 7.02. The zero-order valence-corrected chi connectivity index (χ0v) is 14.9. The summed E-state index contributed by atoms with van der Waals surface area (Å²) < 4.78 is 2.71. The van der Waals surface area contributed by atoms with Gasteiger partial charge in [-0.1, -0.05) is 22.0 Å². The lowest BCUT2D eigenvalue weighted by atomic mass is 10.0. The topological polar surface area (TPSA) is 72.7 Å². The van der Waals surface area contributed by atoms with Crippen LogP contribution in [0.1, 0.15) is 27.7 Å². The minimum absolute atomic E-state index is 0.143. The van der Waals surface area contributed by atoms with Gasteiger partial charge in [-0.2, -0.15) is 0 Å². The van der Waals surface area contributed by atoms with E-state index in [1.54, 1.807) is 30.5 Å². The van der Waals surface area contributed by atoms with E-state index in [-0.39, 0.29) is 5.78 Å². The molecule has 24 heavy (non-hydrogen) atoms. The first kappa shape index (κ1) is 16.5. The highest BCUT2D eigenvalue weighted by molar-refractivity contribution is 9.10. The number of rotatable bonds is 5. The molecule has 2 heterocycles. The highest BCUT2D eigenvalue weighted by Gasteiger charge is 2.20. The molecule has 0 radical (unpaired) electrons. The number of aryl methyl sites for hydroxylation is 1. The Balaban J connectivity index is 2.17. The smallest absolute Gasteiger partial charge is 0.213 e. The number of halogens is 1. The molecule has 0 atom stereocenters. The molecule has 3 aromatic rings. The fourth-order valence-corrected chi connectivity index (χ4v) is 2.87. The molecule has 3 rings (SSSR count). The minimum Gasteiger partial charge on any atom is -0.313 e. The standard InChI is InChI=1S/C17H16BrN5O/c1-11-21-22-16(10-19-2)23(11)15-7-6-12(18)9-13(15)17(24)14-5-3-4-8-20-14/h3-9,19H,10H2,1-2H3. The van der Waals surface area contributed by atoms with Crippen molar-refractivity contribution < 1.29 is 4.79 Å². The van der Waals surface area contributed by atoms with Crippen LogP contribution in [0.2, 0.25) is 0 Å². The number of hydrogen-bond acceptors (Lipinski definition) is 5. The Hall–Kier alpha value is -2.38. The summed E-state index contributed by atoms with van der Waals surface area (Å²) in [5.41, 5.74) is 1.68. The second-order valence-electron chi connectivity index (χ2n) is 5.23. The zero-order chi connectivity index (χ0) is 17.1. The number of aromatic nitrogens is 4. The van der Waals surface area contributed by atoms with Gasteiger partial charge < -0.3 is 5.32 Å². The summed E-state index contributed by atoms with van der Waals surface area (Å²) in [7, 11) is 1.84. The van der Waals surface area contributed by atoms with Crippen molar-refractivity contribution in [1.29, 1.82) is 0 Å². The number of nitrogens with one attached hydrogen (secondary N) is 1. The third-order valence-electron chi connectivity index (χ3n) is 3.57. The molecule has 6 nitrogen and oxygen atoms in total. The molecule has 0 saturated carbocycles. The van der Waals surface area contributed by atoms with Gasteiger partial charge in [0.15, 0.2) is 5.82 Å². The molecular formula is C17H16BrN5O. The lowest BCUT2D eigenvalue weighted by molar-refractivity contribution is 0.103. The van der Waals surface area contributed by atoms with E-state index in [4.69, 9.17) is 0 Å². The summed E-state index contributed by atoms with van der Waals surface area (Å²) in [5, 5.41) is 11.4. The minimum atomic E-state index is -0.143. The van der Waals surface area contributed by atoms with Crippen molar-refractivity contribution in [2.45, 2.75) is 13.5 Å². The monoisotopic (exact) mass is 385 g/mol. The molecule has 1 aromatic carbocycles. The van der Waals surface area contributed by atoms with Crippen LogP contribution in [0.4, 0.5) is 0 Å². The maximum atomic E-state index is 12.9. The van der Waals surface area contributed by atoms with E-state index in [0.29, 0.717) is 17.8 Å². The maximum Gasteiger partial charge on any atom is 0.213 e. The highest BCUT2D eigenvalue weighted by atomic mass is 79.9. The van der Waals surface area contributed by atoms with Crippen LogP contribution in [0.15, 0.2) is 47.1 Å². The molecule has 0 spiro atoms. The lowest BCUT2D eigenvalue weighted by Gasteiger charge is -2.13. The van der Waals surface area contributed by atoms with E-state index in [0.717, 1.165) is 21.8 Å². The largest absolute Gasteiger partial charge is 0.313 e. The van der Waals surface area contributed by atoms with Crippen molar-refractivity contribution in [2.24, 2.45) is 0 Å². The van der Waals surface area contributed by atoms with Gasteiger partial charge in [-0.15, -0.1) is 10.2 Å². The Labute approximate surface area is 148 Å². The van der Waals surface area contributed by atoms with Crippen molar-refractivity contribution >= 4 is 21.7 Å². The number of pyridine rings is 1. The van der Waals surface area contributed by atoms with E-state index in [2.05, 4.69) is 36.4 Å². The van der Waals surface area contributed by atoms with Crippen molar-refractivity contribution in [3.63, 3.8) is 0 Å². The van der Waals surface area contributed by atoms with Crippen LogP contribution in [0.3, 0.4) is 0 Å². The van der Waals surface area contributed by atoms with Crippen LogP contribution >= 0.6 is 15.9 Å². The number of benzene rings is 1. The average molecular weight is 386 g/mol. The number of ketones is 1. The van der Waals surface area contributed by atoms with E-state index >= 15 is 0 Å². The van der Waals surface area contributed by atoms with Gasteiger partial charge in [0.25, 0.3) is 0 Å². The third kappa shape index (κ3) is 3.13. The van der Waals surface area contributed by atoms with Crippen LogP contribution < -0.4 is 5.32 Å². The molecular weight excluding hydrogens is 370 g/mol. The number of nitrogens with zero attached hydrogens (tertiary/aromatic N) is 4. The first-order chi connectivity index (χ1) is 11.6. The van der Waals surface area contributed by atoms with Crippen LogP contribution in [0.25, 0.3) is 5.69 Å². The van der Waals surface area contributed by atoms with Crippen molar-refractivity contribution in [3.8, 4) is 5.69 Å². The van der Waals surface area contributed by atoms with Gasteiger partial charge in [0.1, 0.15) is 11.5 Å². The summed E-state index contributed by atoms with van der Waals surface area (Å²) in [6.45, 7) is 2.41. The molecule has 0 unspecified atom stereocenters. The fourth-order valence-electron chi connectivity index (χ4n) is 2.51. The Morgan fingerprint density at radius 2 is 2.08 bits per heavy atom. The SMILES string of the molecule is CNCc1nnc(C)n1-c1ccc(Br)cc1C(=O)c1ccccn1. The van der Waals surface area contributed by atoms with Crippen molar-refractivity contribution in [1.82, 2.24) is 25.1 Å². The summed E-state index contributed by atoms with van der Waals surface area (Å²) in [5.74, 6) is 1.32. The van der Waals surface area contributed by atoms with E-state index in [1.807, 2.05) is 30.7 Å². The molecule has 0 aliphatic carbocycles. The Bertz CT molecular complexity index is 876. The molecule has 7 heteroatoms. The van der Waals surface area contributed by atoms with Crippen LogP contribution in [0, 0.1) is 6.92 Å². The summed E-state index contributed by atoms with van der Waals surface area (Å²) >= 11 is 3.44. The zero-order valence-electron chi connectivity index (χ0n) is 13.3. The number of carbonyl (C=O) groups excluding carboxylic acids is 1. The Morgan fingerprint density at radius 1 is 1.25 bits per heavy atom. The van der Waals surface area contributed by atoms with Gasteiger partial charge in [-0.05, 0) is 44.3 Å². The Kier molecular flexibility index (Phi) is 4.82. The summed E-state index contributed by atoms with van der Waals surface area (Å²) in [6.07, 6.45) is 1.61. The first-order valence-corrected chi connectivity index (χ1v) is 8.22. The molecule has 0 saturated heterocycles. The van der Waals surface area contributed by atoms with E-state index < -0.39 is 0 Å². The maximum absolute atomic E-state index is 12.9. The van der Waals surface area contributed by atoms with Crippen LogP contribution in [-0.2, 0) is 6.54 Å². The average Bonchev–Trinajstić information content (AvgIpc) is 2.96. The van der Waals surface area contributed by atoms with Crippen molar-refractivity contribution in [3.05, 3.63) is 70.0 Å². The van der Waals surface area contributed by atoms with E-state index in [1.165, 1.54) is 0 Å². The van der Waals surface area contributed by atoms with E-state index in [9.17, 15) is 4.79 Å². The van der Waals surface area contributed by atoms with Gasteiger partial charge in [0.2, 0.25) is 5.78 Å². The molecule has 0 aliphatic rings. The summed E-state index contributed by atoms with van der Waals surface area (Å²) in [6, 6.07) is 10.9. The summed E-state index contributed by atoms with van der Waals surface area (Å²) in [4.78, 5) is 17.1. The predicted octanol–water partition coefficient (Wildman–Crippen LogP) is 2.68. The van der Waals surface area contributed by atoms with Gasteiger partial charge in [-0.3, -0.25) is 14.3 Å². The van der Waals surface area contributed by atoms with Crippen molar-refractivity contribution in [2.75, 3.05) is 7.05 Å². The number of carbonyl (C=O) groups is 1. The van der Waals surface area contributed by atoms with Crippen LogP contribution in [-0.4, -0.2) is 32.6 Å². The second-order valence-corrected chi connectivity index (χ2v) is 6.15. The normalized spacial score (nSPS) is 10.8.